The van der Waals surface area contributed by atoms with E-state index in [0.717, 1.165) is 17.2 Å². The van der Waals surface area contributed by atoms with Crippen LogP contribution in [0.4, 0.5) is 22.0 Å². The summed E-state index contributed by atoms with van der Waals surface area (Å²) in [6.45, 7) is 0.259. The molecule has 0 aliphatic heterocycles. The highest BCUT2D eigenvalue weighted by Gasteiger charge is 2.34. The van der Waals surface area contributed by atoms with E-state index in [9.17, 15) is 22.0 Å². The smallest absolute Gasteiger partial charge is 0.417 e. The first-order valence-electron chi connectivity index (χ1n) is 10.1. The lowest BCUT2D eigenvalue weighted by Crippen LogP contribution is -2.10. The van der Waals surface area contributed by atoms with E-state index < -0.39 is 17.6 Å². The molecule has 1 nitrogen and oxygen atoms in total. The highest BCUT2D eigenvalue weighted by atomic mass is 19.4. The Bertz CT molecular complexity index is 1180. The van der Waals surface area contributed by atoms with Crippen molar-refractivity contribution in [3.8, 4) is 5.75 Å². The number of hydrogen-bond acceptors (Lipinski definition) is 1. The normalized spacial score (nSPS) is 18.2. The largest absolute Gasteiger partial charge is 0.489 e. The zero-order valence-electron chi connectivity index (χ0n) is 16.9. The van der Waals surface area contributed by atoms with Gasteiger partial charge in [-0.25, -0.2) is 8.78 Å². The molecule has 6 heteroatoms. The van der Waals surface area contributed by atoms with E-state index in [4.69, 9.17) is 4.74 Å². The number of hydrogen-bond donors (Lipinski definition) is 0. The second-order valence-electron chi connectivity index (χ2n) is 7.60. The predicted molar refractivity (Wildman–Crippen MR) is 113 cm³/mol. The van der Waals surface area contributed by atoms with Gasteiger partial charge in [-0.05, 0) is 59.9 Å². The van der Waals surface area contributed by atoms with Crippen molar-refractivity contribution in [1.29, 1.82) is 0 Å². The molecule has 0 fully saturated rings. The Kier molecular flexibility index (Phi) is 6.15. The van der Waals surface area contributed by atoms with Crippen molar-refractivity contribution in [2.75, 3.05) is 6.61 Å². The van der Waals surface area contributed by atoms with Crippen LogP contribution in [0.15, 0.2) is 89.7 Å². The fourth-order valence-corrected chi connectivity index (χ4v) is 3.77. The van der Waals surface area contributed by atoms with Gasteiger partial charge in [0, 0.05) is 17.6 Å². The lowest BCUT2D eigenvalue weighted by Gasteiger charge is -2.20. The molecule has 0 spiro atoms. The molecule has 2 aliphatic rings. The molecule has 2 aromatic carbocycles. The Morgan fingerprint density at radius 2 is 1.81 bits per heavy atom. The van der Waals surface area contributed by atoms with Gasteiger partial charge < -0.3 is 4.74 Å². The van der Waals surface area contributed by atoms with E-state index in [1.54, 1.807) is 36.4 Å². The van der Waals surface area contributed by atoms with Gasteiger partial charge in [0.1, 0.15) is 24.0 Å². The Labute approximate surface area is 182 Å². The number of alkyl halides is 3. The molecule has 4 rings (SSSR count). The van der Waals surface area contributed by atoms with Gasteiger partial charge in [0.25, 0.3) is 0 Å². The second-order valence-corrected chi connectivity index (χ2v) is 7.60. The molecule has 0 saturated heterocycles. The molecule has 0 amide bonds. The number of benzene rings is 2. The number of halogens is 5. The molecule has 32 heavy (non-hydrogen) atoms. The fraction of sp³-hybridized carbons (Fsp3) is 0.192. The van der Waals surface area contributed by atoms with Crippen molar-refractivity contribution in [3.63, 3.8) is 0 Å². The quantitative estimate of drug-likeness (QED) is 0.353. The summed E-state index contributed by atoms with van der Waals surface area (Å²) in [7, 11) is 0. The molecule has 0 saturated carbocycles. The molecule has 0 aromatic heterocycles. The molecule has 2 aromatic rings. The number of ether oxygens (including phenoxy) is 1. The van der Waals surface area contributed by atoms with Gasteiger partial charge >= 0.3 is 6.18 Å². The Balaban J connectivity index is 1.54. The van der Waals surface area contributed by atoms with Crippen molar-refractivity contribution in [3.05, 3.63) is 112 Å². The van der Waals surface area contributed by atoms with Crippen molar-refractivity contribution < 1.29 is 26.7 Å². The SMILES string of the molecule is Fc1cccc(OCC2=CC3CCC=C(c4ccc(F)cc4C(F)(F)F)C=CC3=C=C2)c1. The van der Waals surface area contributed by atoms with Gasteiger partial charge in [-0.1, -0.05) is 36.4 Å². The van der Waals surface area contributed by atoms with Crippen LogP contribution in [-0.4, -0.2) is 6.61 Å². The summed E-state index contributed by atoms with van der Waals surface area (Å²) < 4.78 is 72.6. The van der Waals surface area contributed by atoms with E-state index in [2.05, 4.69) is 5.73 Å². The van der Waals surface area contributed by atoms with Gasteiger partial charge in [-0.2, -0.15) is 13.2 Å². The summed E-state index contributed by atoms with van der Waals surface area (Å²) in [5, 5.41) is 0. The molecule has 0 heterocycles. The lowest BCUT2D eigenvalue weighted by molar-refractivity contribution is -0.137. The van der Waals surface area contributed by atoms with E-state index in [-0.39, 0.29) is 23.9 Å². The minimum absolute atomic E-state index is 0.0375. The first kappa shape index (κ1) is 21.8. The van der Waals surface area contributed by atoms with Crippen LogP contribution in [0, 0.1) is 17.6 Å². The average Bonchev–Trinajstić information content (AvgIpc) is 2.73. The third-order valence-corrected chi connectivity index (χ3v) is 5.32. The maximum atomic E-state index is 13.4. The van der Waals surface area contributed by atoms with Crippen LogP contribution < -0.4 is 4.74 Å². The van der Waals surface area contributed by atoms with Crippen LogP contribution in [-0.2, 0) is 6.18 Å². The first-order chi connectivity index (χ1) is 15.3. The van der Waals surface area contributed by atoms with Gasteiger partial charge in [0.15, 0.2) is 0 Å². The van der Waals surface area contributed by atoms with Crippen LogP contribution in [0.25, 0.3) is 5.57 Å². The highest BCUT2D eigenvalue weighted by Crippen LogP contribution is 2.37. The third-order valence-electron chi connectivity index (χ3n) is 5.32. The lowest BCUT2D eigenvalue weighted by atomic mass is 9.85. The van der Waals surface area contributed by atoms with Gasteiger partial charge in [-0.3, -0.25) is 0 Å². The molecule has 1 atom stereocenters. The molecule has 164 valence electrons. The maximum absolute atomic E-state index is 13.4. The van der Waals surface area contributed by atoms with Crippen LogP contribution in [0.1, 0.15) is 24.0 Å². The van der Waals surface area contributed by atoms with E-state index in [0.29, 0.717) is 30.2 Å². The standard InChI is InChI=1S/C26H19F5O/c27-21-5-2-6-23(14-21)32-16-17-7-8-18-9-10-19(3-1-4-20(18)13-17)24-12-11-22(28)15-25(24)26(29,30)31/h2-3,5-7,9-15,20H,1,4,16H2. The molecular weight excluding hydrogens is 423 g/mol. The number of fused-ring (bicyclic) bond motifs is 1. The monoisotopic (exact) mass is 442 g/mol. The van der Waals surface area contributed by atoms with Gasteiger partial charge in [0.05, 0.1) is 5.56 Å². The third kappa shape index (κ3) is 5.09. The van der Waals surface area contributed by atoms with Gasteiger partial charge in [-0.15, -0.1) is 5.73 Å². The summed E-state index contributed by atoms with van der Waals surface area (Å²) >= 11 is 0. The van der Waals surface area contributed by atoms with E-state index in [1.807, 2.05) is 6.08 Å². The van der Waals surface area contributed by atoms with Crippen molar-refractivity contribution in [2.24, 2.45) is 5.92 Å². The Hall–Kier alpha value is -3.37. The Morgan fingerprint density at radius 1 is 1.00 bits per heavy atom. The van der Waals surface area contributed by atoms with Crippen LogP contribution in [0.2, 0.25) is 0 Å². The first-order valence-corrected chi connectivity index (χ1v) is 10.1. The molecule has 0 N–H and O–H groups in total. The summed E-state index contributed by atoms with van der Waals surface area (Å²) in [6, 6.07) is 8.63. The molecule has 0 bridgehead atoms. The summed E-state index contributed by atoms with van der Waals surface area (Å²) in [5.41, 5.74) is 4.28. The summed E-state index contributed by atoms with van der Waals surface area (Å²) in [4.78, 5) is 0. The predicted octanol–water partition coefficient (Wildman–Crippen LogP) is 7.43. The second kappa shape index (κ2) is 9.01. The van der Waals surface area contributed by atoms with Crippen LogP contribution >= 0.6 is 0 Å². The summed E-state index contributed by atoms with van der Waals surface area (Å²) in [5.74, 6) is -0.831. The molecule has 2 aliphatic carbocycles. The Morgan fingerprint density at radius 3 is 2.59 bits per heavy atom. The molecule has 1 unspecified atom stereocenters. The maximum Gasteiger partial charge on any atom is 0.417 e. The van der Waals surface area contributed by atoms with Crippen LogP contribution in [0.5, 0.6) is 5.75 Å². The number of allylic oxidation sites excluding steroid dienone is 5. The van der Waals surface area contributed by atoms with Crippen molar-refractivity contribution in [1.82, 2.24) is 0 Å². The number of rotatable bonds is 4. The highest BCUT2D eigenvalue weighted by molar-refractivity contribution is 5.77. The minimum atomic E-state index is -4.65. The van der Waals surface area contributed by atoms with Gasteiger partial charge in [0.2, 0.25) is 0 Å². The average molecular weight is 442 g/mol. The van der Waals surface area contributed by atoms with Crippen molar-refractivity contribution in [2.45, 2.75) is 19.0 Å². The zero-order valence-corrected chi connectivity index (χ0v) is 16.9. The van der Waals surface area contributed by atoms with E-state index >= 15 is 0 Å². The van der Waals surface area contributed by atoms with E-state index in [1.165, 1.54) is 18.2 Å². The molecule has 0 radical (unpaired) electrons. The summed E-state index contributed by atoms with van der Waals surface area (Å²) in [6.07, 6.45) is 5.47. The fourth-order valence-electron chi connectivity index (χ4n) is 3.77. The van der Waals surface area contributed by atoms with Crippen LogP contribution in [0.3, 0.4) is 0 Å². The minimum Gasteiger partial charge on any atom is -0.489 e. The molecular formula is C26H19F5O. The zero-order chi connectivity index (χ0) is 22.7. The van der Waals surface area contributed by atoms with Crippen molar-refractivity contribution >= 4 is 5.57 Å². The topological polar surface area (TPSA) is 9.23 Å².